The maximum atomic E-state index is 5.76. The molecule has 2 nitrogen and oxygen atoms in total. The number of nitrogens with one attached hydrogen (secondary N) is 1. The topological polar surface area (TPSA) is 28.7 Å². The number of benzene rings is 1. The molecule has 89 valence electrons. The van der Waals surface area contributed by atoms with E-state index in [9.17, 15) is 0 Å². The maximum absolute atomic E-state index is 5.76. The van der Waals surface area contributed by atoms with E-state index >= 15 is 0 Å². The second-order valence-corrected chi connectivity index (χ2v) is 4.40. The van der Waals surface area contributed by atoms with Gasteiger partial charge >= 0.3 is 0 Å². The van der Waals surface area contributed by atoms with Crippen LogP contribution in [-0.4, -0.2) is 15.8 Å². The van der Waals surface area contributed by atoms with Crippen molar-refractivity contribution in [2.24, 2.45) is 0 Å². The Kier molecular flexibility index (Phi) is 3.03. The molecule has 1 aromatic carbocycles. The number of halogens is 1. The van der Waals surface area contributed by atoms with Gasteiger partial charge in [-0.3, -0.25) is 0 Å². The molecule has 1 radical (unpaired) electrons. The standard InChI is InChI=1S/C15H12ClN2/c16-7-6-12-9-17-15-14(12)8-13(10-18-15)11-4-2-1-3-5-11/h1-6,8-10H,7H2,(H,17,18). The summed E-state index contributed by atoms with van der Waals surface area (Å²) >= 11 is 5.76. The van der Waals surface area contributed by atoms with E-state index in [0.29, 0.717) is 5.88 Å². The number of aromatic nitrogens is 2. The quantitative estimate of drug-likeness (QED) is 0.704. The molecule has 3 heteroatoms. The number of hydrogen-bond acceptors (Lipinski definition) is 1. The lowest BCUT2D eigenvalue weighted by Gasteiger charge is -2.02. The van der Waals surface area contributed by atoms with Crippen molar-refractivity contribution < 1.29 is 0 Å². The van der Waals surface area contributed by atoms with Crippen LogP contribution in [0.4, 0.5) is 0 Å². The molecule has 0 saturated carbocycles. The van der Waals surface area contributed by atoms with Crippen molar-refractivity contribution in [2.45, 2.75) is 0 Å². The molecule has 1 N–H and O–H groups in total. The van der Waals surface area contributed by atoms with Gasteiger partial charge in [-0.2, -0.15) is 0 Å². The van der Waals surface area contributed by atoms with Gasteiger partial charge in [0.25, 0.3) is 0 Å². The largest absolute Gasteiger partial charge is 0.346 e. The summed E-state index contributed by atoms with van der Waals surface area (Å²) in [6, 6.07) is 12.4. The molecule has 3 rings (SSSR count). The van der Waals surface area contributed by atoms with E-state index in [0.717, 1.165) is 22.2 Å². The number of fused-ring (bicyclic) bond motifs is 1. The molecule has 2 heterocycles. The molecule has 0 saturated heterocycles. The number of H-pyrrole nitrogens is 1. The predicted octanol–water partition coefficient (Wildman–Crippen LogP) is 4.02. The van der Waals surface area contributed by atoms with Crippen LogP contribution in [0, 0.1) is 6.42 Å². The van der Waals surface area contributed by atoms with Gasteiger partial charge in [0.05, 0.1) is 0 Å². The molecular weight excluding hydrogens is 244 g/mol. The van der Waals surface area contributed by atoms with E-state index < -0.39 is 0 Å². The van der Waals surface area contributed by atoms with Gasteiger partial charge in [-0.15, -0.1) is 11.6 Å². The van der Waals surface area contributed by atoms with E-state index in [2.05, 4.69) is 28.2 Å². The summed E-state index contributed by atoms with van der Waals surface area (Å²) in [4.78, 5) is 7.59. The Labute approximate surface area is 111 Å². The third kappa shape index (κ3) is 2.00. The monoisotopic (exact) mass is 255 g/mol. The first-order valence-corrected chi connectivity index (χ1v) is 6.33. The van der Waals surface area contributed by atoms with E-state index in [4.69, 9.17) is 11.6 Å². The van der Waals surface area contributed by atoms with Crippen molar-refractivity contribution >= 4 is 22.6 Å². The van der Waals surface area contributed by atoms with E-state index in [-0.39, 0.29) is 0 Å². The smallest absolute Gasteiger partial charge is 0.137 e. The van der Waals surface area contributed by atoms with E-state index in [1.165, 1.54) is 5.56 Å². The zero-order valence-electron chi connectivity index (χ0n) is 9.73. The molecule has 0 aliphatic rings. The van der Waals surface area contributed by atoms with Gasteiger partial charge in [-0.05, 0) is 17.2 Å². The minimum absolute atomic E-state index is 0.502. The lowest BCUT2D eigenvalue weighted by atomic mass is 10.1. The van der Waals surface area contributed by atoms with Crippen LogP contribution in [0.2, 0.25) is 0 Å². The number of alkyl halides is 1. The van der Waals surface area contributed by atoms with Gasteiger partial charge in [0.2, 0.25) is 0 Å². The minimum Gasteiger partial charge on any atom is -0.346 e. The summed E-state index contributed by atoms with van der Waals surface area (Å²) in [5.74, 6) is 0.502. The second kappa shape index (κ2) is 4.83. The van der Waals surface area contributed by atoms with Crippen LogP contribution >= 0.6 is 11.6 Å². The first kappa shape index (κ1) is 11.3. The van der Waals surface area contributed by atoms with Gasteiger partial charge in [-0.1, -0.05) is 30.3 Å². The molecule has 0 aliphatic heterocycles. The van der Waals surface area contributed by atoms with Gasteiger partial charge in [0.1, 0.15) is 5.65 Å². The Bertz CT molecular complexity index is 659. The highest BCUT2D eigenvalue weighted by Gasteiger charge is 2.06. The first-order chi connectivity index (χ1) is 8.88. The number of aromatic amines is 1. The fraction of sp³-hybridized carbons (Fsp3) is 0.0667. The highest BCUT2D eigenvalue weighted by Crippen LogP contribution is 2.25. The summed E-state index contributed by atoms with van der Waals surface area (Å²) < 4.78 is 0. The second-order valence-electron chi connectivity index (χ2n) is 4.09. The molecule has 0 atom stereocenters. The summed E-state index contributed by atoms with van der Waals surface area (Å²) in [7, 11) is 0. The Morgan fingerprint density at radius 1 is 1.17 bits per heavy atom. The molecule has 0 unspecified atom stereocenters. The third-order valence-electron chi connectivity index (χ3n) is 2.97. The van der Waals surface area contributed by atoms with Crippen LogP contribution in [-0.2, 0) is 0 Å². The lowest BCUT2D eigenvalue weighted by Crippen LogP contribution is -1.84. The summed E-state index contributed by atoms with van der Waals surface area (Å²) in [6.45, 7) is 0. The molecular formula is C15H12ClN2. The number of pyridine rings is 1. The Morgan fingerprint density at radius 2 is 2.00 bits per heavy atom. The minimum atomic E-state index is 0.502. The van der Waals surface area contributed by atoms with Crippen molar-refractivity contribution in [1.82, 2.24) is 9.97 Å². The van der Waals surface area contributed by atoms with Crippen LogP contribution in [0.1, 0.15) is 5.56 Å². The van der Waals surface area contributed by atoms with Crippen molar-refractivity contribution in [2.75, 3.05) is 5.88 Å². The molecule has 0 amide bonds. The molecule has 0 spiro atoms. The van der Waals surface area contributed by atoms with Gasteiger partial charge in [0.15, 0.2) is 0 Å². The van der Waals surface area contributed by atoms with Crippen molar-refractivity contribution in [3.05, 3.63) is 60.8 Å². The molecule has 3 aromatic rings. The molecule has 0 aliphatic carbocycles. The Morgan fingerprint density at radius 3 is 2.78 bits per heavy atom. The number of rotatable bonds is 3. The number of hydrogen-bond donors (Lipinski definition) is 1. The van der Waals surface area contributed by atoms with E-state index in [1.807, 2.05) is 37.0 Å². The van der Waals surface area contributed by atoms with Crippen LogP contribution in [0.5, 0.6) is 0 Å². The fourth-order valence-electron chi connectivity index (χ4n) is 2.06. The maximum Gasteiger partial charge on any atom is 0.137 e. The molecule has 2 aromatic heterocycles. The summed E-state index contributed by atoms with van der Waals surface area (Å²) in [6.07, 6.45) is 5.81. The van der Waals surface area contributed by atoms with E-state index in [1.54, 1.807) is 0 Å². The first-order valence-electron chi connectivity index (χ1n) is 5.80. The highest BCUT2D eigenvalue weighted by molar-refractivity contribution is 6.19. The third-order valence-corrected chi connectivity index (χ3v) is 3.12. The average molecular weight is 256 g/mol. The van der Waals surface area contributed by atoms with Crippen molar-refractivity contribution in [3.8, 4) is 11.1 Å². The van der Waals surface area contributed by atoms with Gasteiger partial charge in [0, 0.05) is 35.6 Å². The van der Waals surface area contributed by atoms with Gasteiger partial charge in [-0.25, -0.2) is 4.98 Å². The SMILES string of the molecule is ClC[CH]c1c[nH]c2ncc(-c3ccccc3)cc12. The van der Waals surface area contributed by atoms with Crippen LogP contribution in [0.3, 0.4) is 0 Å². The molecule has 18 heavy (non-hydrogen) atoms. The van der Waals surface area contributed by atoms with Crippen molar-refractivity contribution in [3.63, 3.8) is 0 Å². The zero-order chi connectivity index (χ0) is 12.4. The highest BCUT2D eigenvalue weighted by atomic mass is 35.5. The summed E-state index contributed by atoms with van der Waals surface area (Å²) in [5.41, 5.74) is 4.29. The van der Waals surface area contributed by atoms with Crippen LogP contribution in [0.25, 0.3) is 22.2 Å². The molecule has 0 fully saturated rings. The normalized spacial score (nSPS) is 10.9. The number of nitrogens with zero attached hydrogens (tertiary/aromatic N) is 1. The predicted molar refractivity (Wildman–Crippen MR) is 75.7 cm³/mol. The molecule has 0 bridgehead atoms. The zero-order valence-corrected chi connectivity index (χ0v) is 10.5. The van der Waals surface area contributed by atoms with Crippen molar-refractivity contribution in [1.29, 1.82) is 0 Å². The Balaban J connectivity index is 2.12. The fourth-order valence-corrected chi connectivity index (χ4v) is 2.23. The summed E-state index contributed by atoms with van der Waals surface area (Å²) in [5, 5.41) is 1.11. The lowest BCUT2D eigenvalue weighted by molar-refractivity contribution is 1.32. The van der Waals surface area contributed by atoms with Crippen LogP contribution < -0.4 is 0 Å². The van der Waals surface area contributed by atoms with Crippen LogP contribution in [0.15, 0.2) is 48.8 Å². The average Bonchev–Trinajstić information content (AvgIpc) is 2.83. The van der Waals surface area contributed by atoms with Gasteiger partial charge < -0.3 is 4.98 Å². The Hall–Kier alpha value is -1.80.